The Morgan fingerprint density at radius 3 is 2.36 bits per heavy atom. The van der Waals surface area contributed by atoms with Crippen molar-refractivity contribution in [3.05, 3.63) is 0 Å². The normalized spacial score (nSPS) is 14.3. The van der Waals surface area contributed by atoms with Crippen LogP contribution in [0.15, 0.2) is 0 Å². The first-order chi connectivity index (χ1) is 6.56. The summed E-state index contributed by atoms with van der Waals surface area (Å²) >= 11 is 0. The summed E-state index contributed by atoms with van der Waals surface area (Å²) in [6.45, 7) is 3.55. The Labute approximate surface area is 84.2 Å². The van der Waals surface area contributed by atoms with Crippen molar-refractivity contribution in [2.45, 2.75) is 32.4 Å². The lowest BCUT2D eigenvalue weighted by Crippen LogP contribution is -2.48. The number of carbonyl (C=O) groups excluding carboxylic acids is 2. The molecule has 5 heteroatoms. The average Bonchev–Trinajstić information content (AvgIpc) is 2.22. The van der Waals surface area contributed by atoms with Gasteiger partial charge in [0.2, 0.25) is 5.91 Å². The van der Waals surface area contributed by atoms with Crippen molar-refractivity contribution in [3.63, 3.8) is 0 Å². The van der Waals surface area contributed by atoms with Gasteiger partial charge in [-0.3, -0.25) is 14.9 Å². The standard InChI is InChI=1S/C9H18N2O3/c1-5-7(9(13)14-4)11-6(2)8(12)10-3/h6-7,11H,5H2,1-4H3,(H,10,12). The lowest BCUT2D eigenvalue weighted by atomic mass is 10.2. The number of hydrogen-bond donors (Lipinski definition) is 2. The monoisotopic (exact) mass is 202 g/mol. The Morgan fingerprint density at radius 1 is 1.43 bits per heavy atom. The number of rotatable bonds is 5. The summed E-state index contributed by atoms with van der Waals surface area (Å²) in [6, 6.07) is -0.823. The van der Waals surface area contributed by atoms with Gasteiger partial charge in [-0.05, 0) is 13.3 Å². The molecule has 0 aliphatic rings. The molecule has 0 aliphatic heterocycles. The summed E-state index contributed by atoms with van der Waals surface area (Å²) in [7, 11) is 2.89. The second-order valence-corrected chi connectivity index (χ2v) is 2.99. The smallest absolute Gasteiger partial charge is 0.322 e. The highest BCUT2D eigenvalue weighted by molar-refractivity contribution is 5.82. The van der Waals surface area contributed by atoms with Crippen LogP contribution in [0.25, 0.3) is 0 Å². The summed E-state index contributed by atoms with van der Waals surface area (Å²) in [6.07, 6.45) is 0.591. The van der Waals surface area contributed by atoms with E-state index >= 15 is 0 Å². The van der Waals surface area contributed by atoms with E-state index in [-0.39, 0.29) is 11.9 Å². The van der Waals surface area contributed by atoms with Crippen LogP contribution in [0.5, 0.6) is 0 Å². The summed E-state index contributed by atoms with van der Waals surface area (Å²) in [4.78, 5) is 22.3. The van der Waals surface area contributed by atoms with Crippen LogP contribution in [-0.4, -0.2) is 38.1 Å². The zero-order chi connectivity index (χ0) is 11.1. The van der Waals surface area contributed by atoms with Gasteiger partial charge in [0.15, 0.2) is 0 Å². The minimum absolute atomic E-state index is 0.146. The van der Waals surface area contributed by atoms with Gasteiger partial charge in [0.05, 0.1) is 13.2 Å². The summed E-state index contributed by atoms with van der Waals surface area (Å²) < 4.78 is 4.58. The van der Waals surface area contributed by atoms with Crippen molar-refractivity contribution in [2.24, 2.45) is 0 Å². The molecule has 5 nitrogen and oxygen atoms in total. The molecule has 0 radical (unpaired) electrons. The Morgan fingerprint density at radius 2 is 2.00 bits per heavy atom. The quantitative estimate of drug-likeness (QED) is 0.599. The highest BCUT2D eigenvalue weighted by atomic mass is 16.5. The molecule has 0 bridgehead atoms. The van der Waals surface area contributed by atoms with E-state index in [1.54, 1.807) is 14.0 Å². The van der Waals surface area contributed by atoms with Crippen LogP contribution < -0.4 is 10.6 Å². The molecular weight excluding hydrogens is 184 g/mol. The summed E-state index contributed by atoms with van der Waals surface area (Å²) in [5, 5.41) is 5.38. The molecule has 0 rings (SSSR count). The van der Waals surface area contributed by atoms with E-state index < -0.39 is 12.1 Å². The van der Waals surface area contributed by atoms with Crippen LogP contribution in [0.3, 0.4) is 0 Å². The van der Waals surface area contributed by atoms with Crippen LogP contribution in [0.1, 0.15) is 20.3 Å². The van der Waals surface area contributed by atoms with Crippen molar-refractivity contribution in [1.82, 2.24) is 10.6 Å². The van der Waals surface area contributed by atoms with E-state index in [1.165, 1.54) is 7.11 Å². The van der Waals surface area contributed by atoms with Crippen molar-refractivity contribution in [2.75, 3.05) is 14.2 Å². The average molecular weight is 202 g/mol. The van der Waals surface area contributed by atoms with Gasteiger partial charge in [-0.25, -0.2) is 0 Å². The highest BCUT2D eigenvalue weighted by Crippen LogP contribution is 1.96. The van der Waals surface area contributed by atoms with E-state index in [0.717, 1.165) is 0 Å². The van der Waals surface area contributed by atoms with Crippen LogP contribution in [-0.2, 0) is 14.3 Å². The third-order valence-electron chi connectivity index (χ3n) is 1.98. The maximum Gasteiger partial charge on any atom is 0.322 e. The second-order valence-electron chi connectivity index (χ2n) is 2.99. The van der Waals surface area contributed by atoms with Gasteiger partial charge in [0, 0.05) is 7.05 Å². The van der Waals surface area contributed by atoms with Gasteiger partial charge in [-0.15, -0.1) is 0 Å². The molecule has 0 aromatic carbocycles. The zero-order valence-electron chi connectivity index (χ0n) is 9.09. The van der Waals surface area contributed by atoms with Crippen LogP contribution in [0.2, 0.25) is 0 Å². The molecule has 0 heterocycles. The molecule has 0 aliphatic carbocycles. The first kappa shape index (κ1) is 12.9. The Bertz CT molecular complexity index is 206. The Kier molecular flexibility index (Phi) is 5.87. The number of esters is 1. The van der Waals surface area contributed by atoms with Crippen molar-refractivity contribution in [1.29, 1.82) is 0 Å². The Balaban J connectivity index is 4.17. The summed E-state index contributed by atoms with van der Waals surface area (Å²) in [5.41, 5.74) is 0. The van der Waals surface area contributed by atoms with Crippen LogP contribution in [0, 0.1) is 0 Å². The second kappa shape index (κ2) is 6.37. The van der Waals surface area contributed by atoms with E-state index in [0.29, 0.717) is 6.42 Å². The maximum atomic E-state index is 11.2. The Hall–Kier alpha value is -1.10. The van der Waals surface area contributed by atoms with Crippen molar-refractivity contribution in [3.8, 4) is 0 Å². The molecular formula is C9H18N2O3. The lowest BCUT2D eigenvalue weighted by Gasteiger charge is -2.18. The first-order valence-electron chi connectivity index (χ1n) is 4.62. The third-order valence-corrected chi connectivity index (χ3v) is 1.98. The SMILES string of the molecule is CCC(NC(C)C(=O)NC)C(=O)OC. The van der Waals surface area contributed by atoms with E-state index in [4.69, 9.17) is 0 Å². The van der Waals surface area contributed by atoms with E-state index in [2.05, 4.69) is 15.4 Å². The maximum absolute atomic E-state index is 11.2. The fourth-order valence-electron chi connectivity index (χ4n) is 1.09. The molecule has 0 spiro atoms. The van der Waals surface area contributed by atoms with Gasteiger partial charge in [0.1, 0.15) is 6.04 Å². The number of amides is 1. The van der Waals surface area contributed by atoms with Gasteiger partial charge < -0.3 is 10.1 Å². The largest absolute Gasteiger partial charge is 0.468 e. The fraction of sp³-hybridized carbons (Fsp3) is 0.778. The number of nitrogens with one attached hydrogen (secondary N) is 2. The molecule has 2 unspecified atom stereocenters. The molecule has 2 N–H and O–H groups in total. The van der Waals surface area contributed by atoms with Gasteiger partial charge in [0.25, 0.3) is 0 Å². The van der Waals surface area contributed by atoms with Crippen molar-refractivity contribution < 1.29 is 14.3 Å². The van der Waals surface area contributed by atoms with Crippen LogP contribution >= 0.6 is 0 Å². The molecule has 0 saturated carbocycles. The first-order valence-corrected chi connectivity index (χ1v) is 4.62. The number of methoxy groups -OCH3 is 1. The molecule has 1 amide bonds. The molecule has 0 aromatic heterocycles. The van der Waals surface area contributed by atoms with Crippen LogP contribution in [0.4, 0.5) is 0 Å². The molecule has 14 heavy (non-hydrogen) atoms. The van der Waals surface area contributed by atoms with Crippen molar-refractivity contribution >= 4 is 11.9 Å². The molecule has 2 atom stereocenters. The molecule has 82 valence electrons. The summed E-state index contributed by atoms with van der Waals surface area (Å²) in [5.74, 6) is -0.490. The van der Waals surface area contributed by atoms with E-state index in [1.807, 2.05) is 6.92 Å². The molecule has 0 fully saturated rings. The minimum Gasteiger partial charge on any atom is -0.468 e. The zero-order valence-corrected chi connectivity index (χ0v) is 9.09. The highest BCUT2D eigenvalue weighted by Gasteiger charge is 2.21. The number of hydrogen-bond acceptors (Lipinski definition) is 4. The molecule has 0 aromatic rings. The van der Waals surface area contributed by atoms with Gasteiger partial charge >= 0.3 is 5.97 Å². The third kappa shape index (κ3) is 3.74. The predicted octanol–water partition coefficient (Wildman–Crippen LogP) is -0.338. The minimum atomic E-state index is -0.424. The number of ether oxygens (including phenoxy) is 1. The molecule has 0 saturated heterocycles. The predicted molar refractivity (Wildman–Crippen MR) is 52.8 cm³/mol. The number of carbonyl (C=O) groups is 2. The number of likely N-dealkylation sites (N-methyl/N-ethyl adjacent to an activating group) is 1. The fourth-order valence-corrected chi connectivity index (χ4v) is 1.09. The van der Waals surface area contributed by atoms with Gasteiger partial charge in [-0.2, -0.15) is 0 Å². The van der Waals surface area contributed by atoms with E-state index in [9.17, 15) is 9.59 Å². The van der Waals surface area contributed by atoms with Gasteiger partial charge in [-0.1, -0.05) is 6.92 Å². The lowest BCUT2D eigenvalue weighted by molar-refractivity contribution is -0.143. The topological polar surface area (TPSA) is 67.4 Å².